The van der Waals surface area contributed by atoms with Crippen molar-refractivity contribution in [3.8, 4) is 5.75 Å². The number of aryl methyl sites for hydroxylation is 1. The van der Waals surface area contributed by atoms with Crippen molar-refractivity contribution in [2.75, 3.05) is 23.5 Å². The summed E-state index contributed by atoms with van der Waals surface area (Å²) in [6, 6.07) is 21.9. The molecule has 0 aliphatic carbocycles. The van der Waals surface area contributed by atoms with Crippen LogP contribution in [-0.2, 0) is 4.79 Å². The fraction of sp³-hybridized carbons (Fsp3) is 0.111. The lowest BCUT2D eigenvalue weighted by Crippen LogP contribution is -2.15. The number of aromatic amines is 1. The number of thioether (sulfide) groups is 1. The Morgan fingerprint density at radius 2 is 1.72 bits per heavy atom. The summed E-state index contributed by atoms with van der Waals surface area (Å²) in [5, 5.41) is 13.1. The van der Waals surface area contributed by atoms with Gasteiger partial charge in [-0.05, 0) is 60.5 Å². The molecule has 0 unspecified atom stereocenters. The summed E-state index contributed by atoms with van der Waals surface area (Å²) in [6.07, 6.45) is 3.82. The molecule has 9 heteroatoms. The van der Waals surface area contributed by atoms with Crippen LogP contribution in [0.3, 0.4) is 0 Å². The summed E-state index contributed by atoms with van der Waals surface area (Å²) >= 11 is 1.23. The van der Waals surface area contributed by atoms with Crippen molar-refractivity contribution in [1.82, 2.24) is 15.2 Å². The lowest BCUT2D eigenvalue weighted by molar-refractivity contribution is -0.113. The molecular weight excluding hydrogens is 474 g/mol. The third-order valence-electron chi connectivity index (χ3n) is 5.21. The maximum atomic E-state index is 12.5. The van der Waals surface area contributed by atoms with Crippen LogP contribution >= 0.6 is 11.8 Å². The highest BCUT2D eigenvalue weighted by molar-refractivity contribution is 7.99. The van der Waals surface area contributed by atoms with Crippen molar-refractivity contribution in [2.45, 2.75) is 12.1 Å². The first-order valence-corrected chi connectivity index (χ1v) is 12.1. The second-order valence-corrected chi connectivity index (χ2v) is 8.70. The molecule has 4 rings (SSSR count). The number of carbonyl (C=O) groups is 2. The minimum atomic E-state index is -0.273. The summed E-state index contributed by atoms with van der Waals surface area (Å²) in [5.41, 5.74) is 3.90. The number of aromatic nitrogens is 3. The van der Waals surface area contributed by atoms with E-state index in [1.165, 1.54) is 17.3 Å². The van der Waals surface area contributed by atoms with Crippen LogP contribution in [0.4, 0.5) is 11.4 Å². The lowest BCUT2D eigenvalue weighted by Gasteiger charge is -2.10. The normalized spacial score (nSPS) is 10.8. The standard InChI is InChI=1S/C27H25N5O3S/c1-18-7-3-4-8-19(18)13-16-24-30-27(32-31-24)36-17-25(33)28-21-14-11-20(12-15-21)26(34)29-22-9-5-6-10-23(22)35-2/h3-16H,17H2,1-2H3,(H,28,33)(H,29,34)(H,30,31,32). The van der Waals surface area contributed by atoms with Gasteiger partial charge in [-0.2, -0.15) is 0 Å². The first-order chi connectivity index (χ1) is 17.5. The van der Waals surface area contributed by atoms with Gasteiger partial charge in [-0.3, -0.25) is 14.7 Å². The van der Waals surface area contributed by atoms with Gasteiger partial charge in [0, 0.05) is 11.3 Å². The SMILES string of the molecule is COc1ccccc1NC(=O)c1ccc(NC(=O)CSc2n[nH]c(C=Cc3ccccc3C)n2)cc1. The number of anilines is 2. The van der Waals surface area contributed by atoms with Crippen LogP contribution in [0.5, 0.6) is 5.75 Å². The van der Waals surface area contributed by atoms with Crippen LogP contribution in [0.25, 0.3) is 12.2 Å². The van der Waals surface area contributed by atoms with Crippen molar-refractivity contribution in [2.24, 2.45) is 0 Å². The van der Waals surface area contributed by atoms with E-state index in [9.17, 15) is 9.59 Å². The third-order valence-corrected chi connectivity index (χ3v) is 6.06. The van der Waals surface area contributed by atoms with Crippen molar-refractivity contribution >= 4 is 47.1 Å². The minimum absolute atomic E-state index is 0.148. The number of rotatable bonds is 9. The molecular formula is C27H25N5O3S. The number of hydrogen-bond acceptors (Lipinski definition) is 6. The average Bonchev–Trinajstić information content (AvgIpc) is 3.35. The predicted molar refractivity (Wildman–Crippen MR) is 143 cm³/mol. The zero-order valence-corrected chi connectivity index (χ0v) is 20.6. The van der Waals surface area contributed by atoms with Crippen LogP contribution in [0.2, 0.25) is 0 Å². The molecule has 0 bridgehead atoms. The van der Waals surface area contributed by atoms with Gasteiger partial charge >= 0.3 is 0 Å². The Morgan fingerprint density at radius 1 is 0.972 bits per heavy atom. The monoisotopic (exact) mass is 499 g/mol. The molecule has 0 spiro atoms. The number of hydrogen-bond donors (Lipinski definition) is 3. The third kappa shape index (κ3) is 6.61. The summed E-state index contributed by atoms with van der Waals surface area (Å²) < 4.78 is 5.26. The molecule has 4 aromatic rings. The molecule has 1 heterocycles. The Morgan fingerprint density at radius 3 is 2.50 bits per heavy atom. The predicted octanol–water partition coefficient (Wildman–Crippen LogP) is 5.28. The molecule has 0 aliphatic heterocycles. The summed E-state index contributed by atoms with van der Waals surface area (Å²) in [4.78, 5) is 29.3. The van der Waals surface area contributed by atoms with Gasteiger partial charge in [-0.25, -0.2) is 4.98 Å². The molecule has 1 aromatic heterocycles. The van der Waals surface area contributed by atoms with Gasteiger partial charge in [0.2, 0.25) is 11.1 Å². The molecule has 0 saturated carbocycles. The summed E-state index contributed by atoms with van der Waals surface area (Å²) in [6.45, 7) is 2.05. The molecule has 2 amide bonds. The van der Waals surface area contributed by atoms with E-state index in [0.29, 0.717) is 33.7 Å². The Balaban J connectivity index is 1.27. The second kappa shape index (κ2) is 11.9. The van der Waals surface area contributed by atoms with E-state index >= 15 is 0 Å². The first-order valence-electron chi connectivity index (χ1n) is 11.1. The van der Waals surface area contributed by atoms with Crippen molar-refractivity contribution in [3.63, 3.8) is 0 Å². The highest BCUT2D eigenvalue weighted by Crippen LogP contribution is 2.24. The van der Waals surface area contributed by atoms with E-state index in [4.69, 9.17) is 4.74 Å². The second-order valence-electron chi connectivity index (χ2n) is 7.76. The fourth-order valence-corrected chi connectivity index (χ4v) is 3.92. The Labute approximate surface area is 213 Å². The number of methoxy groups -OCH3 is 1. The van der Waals surface area contributed by atoms with Gasteiger partial charge in [0.15, 0.2) is 0 Å². The first kappa shape index (κ1) is 24.7. The van der Waals surface area contributed by atoms with Crippen LogP contribution in [0, 0.1) is 6.92 Å². The van der Waals surface area contributed by atoms with Gasteiger partial charge in [-0.15, -0.1) is 5.10 Å². The van der Waals surface area contributed by atoms with Crippen molar-refractivity contribution in [1.29, 1.82) is 0 Å². The number of amides is 2. The zero-order valence-electron chi connectivity index (χ0n) is 19.8. The lowest BCUT2D eigenvalue weighted by atomic mass is 10.1. The van der Waals surface area contributed by atoms with E-state index < -0.39 is 0 Å². The van der Waals surface area contributed by atoms with E-state index in [2.05, 4.69) is 25.8 Å². The highest BCUT2D eigenvalue weighted by atomic mass is 32.2. The number of nitrogens with one attached hydrogen (secondary N) is 3. The van der Waals surface area contributed by atoms with Gasteiger partial charge in [0.05, 0.1) is 18.6 Å². The summed E-state index contributed by atoms with van der Waals surface area (Å²) in [5.74, 6) is 0.864. The van der Waals surface area contributed by atoms with Gasteiger partial charge in [0.25, 0.3) is 5.91 Å². The maximum Gasteiger partial charge on any atom is 0.255 e. The number of benzene rings is 3. The van der Waals surface area contributed by atoms with Crippen molar-refractivity contribution in [3.05, 3.63) is 95.3 Å². The summed E-state index contributed by atoms with van der Waals surface area (Å²) in [7, 11) is 1.55. The topological polar surface area (TPSA) is 109 Å². The molecule has 0 saturated heterocycles. The Kier molecular flexibility index (Phi) is 8.15. The fourth-order valence-electron chi connectivity index (χ4n) is 3.31. The number of ether oxygens (including phenoxy) is 1. The van der Waals surface area contributed by atoms with Gasteiger partial charge in [0.1, 0.15) is 11.6 Å². The van der Waals surface area contributed by atoms with E-state index in [1.54, 1.807) is 43.5 Å². The molecule has 3 aromatic carbocycles. The number of nitrogens with zero attached hydrogens (tertiary/aromatic N) is 2. The average molecular weight is 500 g/mol. The van der Waals surface area contributed by atoms with E-state index in [1.807, 2.05) is 55.5 Å². The minimum Gasteiger partial charge on any atom is -0.495 e. The molecule has 0 fully saturated rings. The number of carbonyl (C=O) groups excluding carboxylic acids is 2. The van der Waals surface area contributed by atoms with E-state index in [0.717, 1.165) is 5.56 Å². The molecule has 182 valence electrons. The Bertz CT molecular complexity index is 1380. The van der Waals surface area contributed by atoms with Gasteiger partial charge < -0.3 is 15.4 Å². The molecule has 8 nitrogen and oxygen atoms in total. The molecule has 0 radical (unpaired) electrons. The van der Waals surface area contributed by atoms with Crippen molar-refractivity contribution < 1.29 is 14.3 Å². The van der Waals surface area contributed by atoms with Crippen LogP contribution in [0.15, 0.2) is 78.0 Å². The van der Waals surface area contributed by atoms with Crippen LogP contribution in [-0.4, -0.2) is 39.9 Å². The number of para-hydroxylation sites is 2. The van der Waals surface area contributed by atoms with Crippen LogP contribution < -0.4 is 15.4 Å². The van der Waals surface area contributed by atoms with Crippen LogP contribution in [0.1, 0.15) is 27.3 Å². The number of H-pyrrole nitrogens is 1. The highest BCUT2D eigenvalue weighted by Gasteiger charge is 2.11. The van der Waals surface area contributed by atoms with E-state index in [-0.39, 0.29) is 17.6 Å². The molecule has 0 atom stereocenters. The molecule has 36 heavy (non-hydrogen) atoms. The Hall–Kier alpha value is -4.37. The maximum absolute atomic E-state index is 12.5. The largest absolute Gasteiger partial charge is 0.495 e. The molecule has 3 N–H and O–H groups in total. The smallest absolute Gasteiger partial charge is 0.255 e. The quantitative estimate of drug-likeness (QED) is 0.271. The van der Waals surface area contributed by atoms with Gasteiger partial charge in [-0.1, -0.05) is 54.2 Å². The molecule has 0 aliphatic rings. The zero-order chi connectivity index (χ0) is 25.3.